The van der Waals surface area contributed by atoms with Gasteiger partial charge >= 0.3 is 5.69 Å². The third kappa shape index (κ3) is 1.54. The lowest BCUT2D eigenvalue weighted by molar-refractivity contribution is -0.105. The molecule has 1 rings (SSSR count). The molecule has 0 bridgehead atoms. The molecule has 0 amide bonds. The summed E-state index contributed by atoms with van der Waals surface area (Å²) in [5, 5.41) is 17.1. The molecule has 6 nitrogen and oxygen atoms in total. The minimum atomic E-state index is -1.87. The smallest absolute Gasteiger partial charge is 0.353 e. The Labute approximate surface area is 61.5 Å². The normalized spacial score (nSPS) is 10.5. The lowest BCUT2D eigenvalue weighted by Crippen LogP contribution is -2.26. The molecule has 4 N–H and O–H groups in total. The first-order valence-corrected chi connectivity index (χ1v) is 2.82. The fourth-order valence-electron chi connectivity index (χ4n) is 0.602. The van der Waals surface area contributed by atoms with Crippen LogP contribution in [0, 0.1) is 0 Å². The molecule has 0 saturated carbocycles. The molecule has 0 aliphatic heterocycles. The Morgan fingerprint density at radius 1 is 1.64 bits per heavy atom. The number of hydrogen-bond acceptors (Lipinski definition) is 5. The van der Waals surface area contributed by atoms with Crippen molar-refractivity contribution in [3.05, 3.63) is 22.7 Å². The molecular weight excluding hydrogens is 150 g/mol. The van der Waals surface area contributed by atoms with Gasteiger partial charge in [0.25, 0.3) is 0 Å². The van der Waals surface area contributed by atoms with Crippen molar-refractivity contribution in [1.82, 2.24) is 9.55 Å². The minimum absolute atomic E-state index is 0.0481. The first kappa shape index (κ1) is 7.70. The van der Waals surface area contributed by atoms with Crippen LogP contribution in [0.2, 0.25) is 0 Å². The fourth-order valence-corrected chi connectivity index (χ4v) is 0.602. The standard InChI is InChI=1S/C5H7N3O3/c6-3-1-2-8(5(10)11)4(9)7-3/h1-2,5,10-11H,(H2,6,7,9). The Bertz CT molecular complexity index is 306. The second kappa shape index (κ2) is 2.69. The maximum Gasteiger partial charge on any atom is 0.353 e. The van der Waals surface area contributed by atoms with Gasteiger partial charge in [0, 0.05) is 6.20 Å². The Hall–Kier alpha value is -1.40. The van der Waals surface area contributed by atoms with E-state index in [0.29, 0.717) is 4.57 Å². The molecule has 0 aliphatic rings. The van der Waals surface area contributed by atoms with Crippen LogP contribution in [0.5, 0.6) is 0 Å². The molecule has 0 spiro atoms. The molecule has 6 heteroatoms. The number of nitrogen functional groups attached to an aromatic ring is 1. The molecule has 0 fully saturated rings. The number of nitrogens with two attached hydrogens (primary N) is 1. The molecule has 1 aromatic heterocycles. The third-order valence-corrected chi connectivity index (χ3v) is 1.10. The van der Waals surface area contributed by atoms with Crippen LogP contribution in [0.3, 0.4) is 0 Å². The van der Waals surface area contributed by atoms with Crippen LogP contribution < -0.4 is 11.4 Å². The predicted octanol–water partition coefficient (Wildman–Crippen LogP) is -1.73. The number of nitrogens with zero attached hydrogens (tertiary/aromatic N) is 2. The topological polar surface area (TPSA) is 101 Å². The largest absolute Gasteiger partial charge is 0.383 e. The van der Waals surface area contributed by atoms with Gasteiger partial charge in [0.2, 0.25) is 6.41 Å². The number of aliphatic hydroxyl groups is 2. The number of hydrogen-bond donors (Lipinski definition) is 3. The number of rotatable bonds is 1. The van der Waals surface area contributed by atoms with Crippen LogP contribution in [0.25, 0.3) is 0 Å². The summed E-state index contributed by atoms with van der Waals surface area (Å²) in [5.41, 5.74) is 4.35. The number of aliphatic hydroxyl groups excluding tert-OH is 1. The molecule has 0 saturated heterocycles. The Balaban J connectivity index is 3.21. The Morgan fingerprint density at radius 3 is 2.73 bits per heavy atom. The highest BCUT2D eigenvalue weighted by atomic mass is 16.5. The van der Waals surface area contributed by atoms with Crippen LogP contribution >= 0.6 is 0 Å². The number of anilines is 1. The monoisotopic (exact) mass is 157 g/mol. The van der Waals surface area contributed by atoms with Crippen LogP contribution in [0.1, 0.15) is 6.41 Å². The molecule has 0 atom stereocenters. The average Bonchev–Trinajstić information content (AvgIpc) is 1.85. The van der Waals surface area contributed by atoms with E-state index in [4.69, 9.17) is 15.9 Å². The Morgan fingerprint density at radius 2 is 2.27 bits per heavy atom. The lowest BCUT2D eigenvalue weighted by Gasteiger charge is -2.04. The zero-order valence-electron chi connectivity index (χ0n) is 5.51. The quantitative estimate of drug-likeness (QED) is 0.420. The van der Waals surface area contributed by atoms with Gasteiger partial charge in [0.15, 0.2) is 0 Å². The van der Waals surface area contributed by atoms with Gasteiger partial charge in [-0.2, -0.15) is 4.98 Å². The zero-order valence-corrected chi connectivity index (χ0v) is 5.51. The molecule has 1 heterocycles. The van der Waals surface area contributed by atoms with Crippen molar-refractivity contribution < 1.29 is 10.2 Å². The van der Waals surface area contributed by atoms with E-state index in [2.05, 4.69) is 4.98 Å². The first-order chi connectivity index (χ1) is 5.11. The molecule has 60 valence electrons. The van der Waals surface area contributed by atoms with Crippen molar-refractivity contribution in [3.63, 3.8) is 0 Å². The van der Waals surface area contributed by atoms with Crippen LogP contribution in [-0.2, 0) is 0 Å². The Kier molecular flexibility index (Phi) is 1.88. The summed E-state index contributed by atoms with van der Waals surface area (Å²) in [5.74, 6) is 0.0481. The van der Waals surface area contributed by atoms with E-state index in [0.717, 1.165) is 6.20 Å². The van der Waals surface area contributed by atoms with Crippen LogP contribution in [0.15, 0.2) is 17.1 Å². The maximum absolute atomic E-state index is 10.7. The molecular formula is C5H7N3O3. The van der Waals surface area contributed by atoms with Gasteiger partial charge in [-0.15, -0.1) is 0 Å². The van der Waals surface area contributed by atoms with Crippen molar-refractivity contribution in [3.8, 4) is 0 Å². The van der Waals surface area contributed by atoms with E-state index in [1.165, 1.54) is 6.07 Å². The van der Waals surface area contributed by atoms with Gasteiger partial charge in [0.1, 0.15) is 5.82 Å². The highest BCUT2D eigenvalue weighted by Gasteiger charge is 2.02. The van der Waals surface area contributed by atoms with Crippen molar-refractivity contribution in [2.75, 3.05) is 5.73 Å². The summed E-state index contributed by atoms with van der Waals surface area (Å²) in [7, 11) is 0. The molecule has 0 aromatic carbocycles. The lowest BCUT2D eigenvalue weighted by atomic mass is 10.6. The zero-order chi connectivity index (χ0) is 8.43. The van der Waals surface area contributed by atoms with E-state index in [1.807, 2.05) is 0 Å². The van der Waals surface area contributed by atoms with E-state index in [-0.39, 0.29) is 5.82 Å². The summed E-state index contributed by atoms with van der Waals surface area (Å²) in [4.78, 5) is 14.0. The van der Waals surface area contributed by atoms with Gasteiger partial charge in [-0.1, -0.05) is 0 Å². The second-order valence-corrected chi connectivity index (χ2v) is 1.89. The van der Waals surface area contributed by atoms with Gasteiger partial charge < -0.3 is 15.9 Å². The van der Waals surface area contributed by atoms with E-state index < -0.39 is 12.1 Å². The van der Waals surface area contributed by atoms with Crippen molar-refractivity contribution in [1.29, 1.82) is 0 Å². The predicted molar refractivity (Wildman–Crippen MR) is 36.4 cm³/mol. The maximum atomic E-state index is 10.7. The van der Waals surface area contributed by atoms with Crippen LogP contribution in [-0.4, -0.2) is 19.8 Å². The first-order valence-electron chi connectivity index (χ1n) is 2.82. The van der Waals surface area contributed by atoms with Gasteiger partial charge in [-0.25, -0.2) is 9.36 Å². The summed E-state index contributed by atoms with van der Waals surface area (Å²) in [6, 6.07) is 1.29. The second-order valence-electron chi connectivity index (χ2n) is 1.89. The van der Waals surface area contributed by atoms with E-state index in [9.17, 15) is 4.79 Å². The van der Waals surface area contributed by atoms with Crippen molar-refractivity contribution in [2.45, 2.75) is 6.41 Å². The summed E-state index contributed by atoms with van der Waals surface area (Å²) < 4.78 is 0.635. The van der Waals surface area contributed by atoms with E-state index in [1.54, 1.807) is 0 Å². The third-order valence-electron chi connectivity index (χ3n) is 1.10. The summed E-state index contributed by atoms with van der Waals surface area (Å²) in [6.07, 6.45) is -0.717. The number of aromatic nitrogens is 2. The van der Waals surface area contributed by atoms with Crippen LogP contribution in [0.4, 0.5) is 5.82 Å². The highest BCUT2D eigenvalue weighted by Crippen LogP contribution is 1.93. The van der Waals surface area contributed by atoms with E-state index >= 15 is 0 Å². The molecule has 0 unspecified atom stereocenters. The minimum Gasteiger partial charge on any atom is -0.383 e. The fraction of sp³-hybridized carbons (Fsp3) is 0.200. The molecule has 0 radical (unpaired) electrons. The molecule has 11 heavy (non-hydrogen) atoms. The summed E-state index contributed by atoms with van der Waals surface area (Å²) >= 11 is 0. The SMILES string of the molecule is Nc1ccn(C(O)O)c(=O)n1. The molecule has 0 aliphatic carbocycles. The van der Waals surface area contributed by atoms with Gasteiger partial charge in [-0.05, 0) is 6.07 Å². The van der Waals surface area contributed by atoms with Gasteiger partial charge in [-0.3, -0.25) is 0 Å². The highest BCUT2D eigenvalue weighted by molar-refractivity contribution is 5.23. The van der Waals surface area contributed by atoms with Crippen molar-refractivity contribution in [2.24, 2.45) is 0 Å². The van der Waals surface area contributed by atoms with Crippen molar-refractivity contribution >= 4 is 5.82 Å². The average molecular weight is 157 g/mol. The van der Waals surface area contributed by atoms with Gasteiger partial charge in [0.05, 0.1) is 0 Å². The molecule has 1 aromatic rings. The summed E-state index contributed by atoms with van der Waals surface area (Å²) in [6.45, 7) is 0.